The number of nitrogens with zero attached hydrogens (tertiary/aromatic N) is 1. The molecule has 0 heterocycles. The van der Waals surface area contributed by atoms with E-state index in [9.17, 15) is 9.59 Å². The average Bonchev–Trinajstić information content (AvgIpc) is 2.32. The minimum atomic E-state index is -0.365. The predicted octanol–water partition coefficient (Wildman–Crippen LogP) is 1.66. The summed E-state index contributed by atoms with van der Waals surface area (Å²) in [5.74, 6) is -0.665. The Morgan fingerprint density at radius 1 is 1.24 bits per heavy atom. The summed E-state index contributed by atoms with van der Waals surface area (Å²) in [7, 11) is 0. The van der Waals surface area contributed by atoms with Gasteiger partial charge in [-0.1, -0.05) is 6.58 Å². The number of hydrogen-bond donors (Lipinski definition) is 2. The van der Waals surface area contributed by atoms with E-state index in [-0.39, 0.29) is 18.2 Å². The van der Waals surface area contributed by atoms with Crippen LogP contribution in [0.1, 0.15) is 6.42 Å². The third-order valence-electron chi connectivity index (χ3n) is 1.86. The second kappa shape index (κ2) is 6.08. The van der Waals surface area contributed by atoms with Crippen LogP contribution in [0.25, 0.3) is 0 Å². The molecule has 0 fully saturated rings. The molecule has 5 heteroatoms. The first-order chi connectivity index (χ1) is 8.15. The number of benzene rings is 1. The Hall–Kier alpha value is -2.61. The SMILES string of the molecule is C=CC(=O)Nc1ccc(NC(=O)CC#N)cc1. The standard InChI is InChI=1S/C12H11N3O2/c1-2-11(16)14-9-3-5-10(6-4-9)15-12(17)7-8-13/h2-6H,1,7H2,(H,14,16)(H,15,17). The summed E-state index contributed by atoms with van der Waals surface area (Å²) in [5, 5.41) is 13.4. The van der Waals surface area contributed by atoms with E-state index in [1.807, 2.05) is 0 Å². The van der Waals surface area contributed by atoms with Gasteiger partial charge in [0.15, 0.2) is 0 Å². The Balaban J connectivity index is 2.62. The smallest absolute Gasteiger partial charge is 0.247 e. The fourth-order valence-electron chi connectivity index (χ4n) is 1.11. The molecule has 0 saturated heterocycles. The van der Waals surface area contributed by atoms with Crippen molar-refractivity contribution in [3.05, 3.63) is 36.9 Å². The van der Waals surface area contributed by atoms with Crippen LogP contribution in [0.2, 0.25) is 0 Å². The summed E-state index contributed by atoms with van der Waals surface area (Å²) in [6.45, 7) is 3.33. The lowest BCUT2D eigenvalue weighted by molar-refractivity contribution is -0.115. The molecule has 0 atom stereocenters. The van der Waals surface area contributed by atoms with Crippen LogP contribution < -0.4 is 10.6 Å². The number of hydrogen-bond acceptors (Lipinski definition) is 3. The minimum absolute atomic E-state index is 0.186. The van der Waals surface area contributed by atoms with Crippen molar-refractivity contribution in [2.75, 3.05) is 10.6 Å². The molecule has 2 N–H and O–H groups in total. The van der Waals surface area contributed by atoms with Gasteiger partial charge >= 0.3 is 0 Å². The molecule has 0 radical (unpaired) electrons. The van der Waals surface area contributed by atoms with Gasteiger partial charge in [-0.3, -0.25) is 9.59 Å². The van der Waals surface area contributed by atoms with Crippen LogP contribution in [0.15, 0.2) is 36.9 Å². The maximum absolute atomic E-state index is 11.1. The first-order valence-electron chi connectivity index (χ1n) is 4.86. The van der Waals surface area contributed by atoms with Crippen LogP contribution in [0.4, 0.5) is 11.4 Å². The molecule has 1 aromatic carbocycles. The molecule has 17 heavy (non-hydrogen) atoms. The number of nitriles is 1. The van der Waals surface area contributed by atoms with Crippen molar-refractivity contribution >= 4 is 23.2 Å². The Morgan fingerprint density at radius 2 is 1.76 bits per heavy atom. The number of rotatable bonds is 4. The average molecular weight is 229 g/mol. The number of carbonyl (C=O) groups excluding carboxylic acids is 2. The van der Waals surface area contributed by atoms with Gasteiger partial charge in [-0.2, -0.15) is 5.26 Å². The van der Waals surface area contributed by atoms with Gasteiger partial charge in [-0.05, 0) is 30.3 Å². The molecule has 0 aliphatic rings. The van der Waals surface area contributed by atoms with Crippen molar-refractivity contribution in [2.45, 2.75) is 6.42 Å². The van der Waals surface area contributed by atoms with E-state index < -0.39 is 0 Å². The lowest BCUT2D eigenvalue weighted by atomic mass is 10.2. The molecule has 0 unspecified atom stereocenters. The normalized spacial score (nSPS) is 8.88. The van der Waals surface area contributed by atoms with Gasteiger partial charge in [0.05, 0.1) is 6.07 Å². The zero-order chi connectivity index (χ0) is 12.7. The van der Waals surface area contributed by atoms with Crippen molar-refractivity contribution in [3.63, 3.8) is 0 Å². The fraction of sp³-hybridized carbons (Fsp3) is 0.0833. The predicted molar refractivity (Wildman–Crippen MR) is 64.1 cm³/mol. The molecule has 1 aromatic rings. The van der Waals surface area contributed by atoms with Gasteiger partial charge in [0.1, 0.15) is 6.42 Å². The van der Waals surface area contributed by atoms with E-state index in [2.05, 4.69) is 17.2 Å². The zero-order valence-electron chi connectivity index (χ0n) is 9.06. The van der Waals surface area contributed by atoms with Gasteiger partial charge in [-0.25, -0.2) is 0 Å². The van der Waals surface area contributed by atoms with Crippen LogP contribution >= 0.6 is 0 Å². The minimum Gasteiger partial charge on any atom is -0.325 e. The van der Waals surface area contributed by atoms with E-state index in [1.165, 1.54) is 6.08 Å². The van der Waals surface area contributed by atoms with Crippen molar-refractivity contribution < 1.29 is 9.59 Å². The second-order valence-corrected chi connectivity index (χ2v) is 3.15. The second-order valence-electron chi connectivity index (χ2n) is 3.15. The fourth-order valence-corrected chi connectivity index (χ4v) is 1.11. The lowest BCUT2D eigenvalue weighted by Gasteiger charge is -2.05. The third-order valence-corrected chi connectivity index (χ3v) is 1.86. The zero-order valence-corrected chi connectivity index (χ0v) is 9.06. The highest BCUT2D eigenvalue weighted by molar-refractivity contribution is 5.99. The number of amides is 2. The summed E-state index contributed by atoms with van der Waals surface area (Å²) < 4.78 is 0. The summed E-state index contributed by atoms with van der Waals surface area (Å²) in [4.78, 5) is 22.1. The van der Waals surface area contributed by atoms with Gasteiger partial charge in [-0.15, -0.1) is 0 Å². The quantitative estimate of drug-likeness (QED) is 0.770. The highest BCUT2D eigenvalue weighted by atomic mass is 16.2. The molecule has 0 saturated carbocycles. The summed E-state index contributed by atoms with van der Waals surface area (Å²) >= 11 is 0. The third kappa shape index (κ3) is 4.18. The van der Waals surface area contributed by atoms with E-state index in [0.29, 0.717) is 11.4 Å². The Labute approximate surface area is 98.7 Å². The molecule has 0 aliphatic heterocycles. The first kappa shape index (κ1) is 12.5. The van der Waals surface area contributed by atoms with Crippen LogP contribution in [0.5, 0.6) is 0 Å². The Kier molecular flexibility index (Phi) is 4.45. The summed E-state index contributed by atoms with van der Waals surface area (Å²) in [6.07, 6.45) is 0.984. The molecular weight excluding hydrogens is 218 g/mol. The van der Waals surface area contributed by atoms with Crippen LogP contribution in [-0.2, 0) is 9.59 Å². The molecule has 0 aromatic heterocycles. The Bertz CT molecular complexity index is 472. The van der Waals surface area contributed by atoms with Gasteiger partial charge in [0, 0.05) is 11.4 Å². The maximum atomic E-state index is 11.1. The molecular formula is C12H11N3O2. The molecule has 86 valence electrons. The van der Waals surface area contributed by atoms with Crippen molar-refractivity contribution in [3.8, 4) is 6.07 Å². The van der Waals surface area contributed by atoms with Crippen LogP contribution in [0.3, 0.4) is 0 Å². The van der Waals surface area contributed by atoms with E-state index in [4.69, 9.17) is 5.26 Å². The van der Waals surface area contributed by atoms with Gasteiger partial charge in [0.2, 0.25) is 11.8 Å². The number of anilines is 2. The van der Waals surface area contributed by atoms with Crippen LogP contribution in [-0.4, -0.2) is 11.8 Å². The van der Waals surface area contributed by atoms with Crippen molar-refractivity contribution in [2.24, 2.45) is 0 Å². The topological polar surface area (TPSA) is 82.0 Å². The van der Waals surface area contributed by atoms with E-state index >= 15 is 0 Å². The highest BCUT2D eigenvalue weighted by Crippen LogP contribution is 2.13. The number of carbonyl (C=O) groups is 2. The first-order valence-corrected chi connectivity index (χ1v) is 4.86. The molecule has 0 aliphatic carbocycles. The maximum Gasteiger partial charge on any atom is 0.247 e. The summed E-state index contributed by atoms with van der Waals surface area (Å²) in [6, 6.07) is 8.30. The lowest BCUT2D eigenvalue weighted by Crippen LogP contribution is -2.10. The summed E-state index contributed by atoms with van der Waals surface area (Å²) in [5.41, 5.74) is 1.18. The van der Waals surface area contributed by atoms with Crippen LogP contribution in [0, 0.1) is 11.3 Å². The highest BCUT2D eigenvalue weighted by Gasteiger charge is 2.01. The van der Waals surface area contributed by atoms with E-state index in [1.54, 1.807) is 30.3 Å². The molecule has 1 rings (SSSR count). The van der Waals surface area contributed by atoms with Gasteiger partial charge in [0.25, 0.3) is 0 Å². The molecule has 5 nitrogen and oxygen atoms in total. The molecule has 2 amide bonds. The number of nitrogens with one attached hydrogen (secondary N) is 2. The molecule has 0 spiro atoms. The Morgan fingerprint density at radius 3 is 2.24 bits per heavy atom. The van der Waals surface area contributed by atoms with Crippen molar-refractivity contribution in [1.82, 2.24) is 0 Å². The van der Waals surface area contributed by atoms with E-state index in [0.717, 1.165) is 0 Å². The van der Waals surface area contributed by atoms with Gasteiger partial charge < -0.3 is 10.6 Å². The van der Waals surface area contributed by atoms with Crippen molar-refractivity contribution in [1.29, 1.82) is 5.26 Å². The molecule has 0 bridgehead atoms. The monoisotopic (exact) mass is 229 g/mol. The largest absolute Gasteiger partial charge is 0.325 e.